The smallest absolute Gasteiger partial charge is 0.321 e. The van der Waals surface area contributed by atoms with Gasteiger partial charge in [-0.3, -0.25) is 14.4 Å². The molecule has 1 fully saturated rings. The maximum absolute atomic E-state index is 14.2. The van der Waals surface area contributed by atoms with Crippen molar-refractivity contribution in [3.8, 4) is 11.8 Å². The lowest BCUT2D eigenvalue weighted by Crippen LogP contribution is -2.53. The molecule has 1 saturated carbocycles. The summed E-state index contributed by atoms with van der Waals surface area (Å²) < 4.78 is 6.41. The topological polar surface area (TPSA) is 188 Å². The zero-order valence-electron chi connectivity index (χ0n) is 23.4. The second kappa shape index (κ2) is 10.9. The summed E-state index contributed by atoms with van der Waals surface area (Å²) in [6.45, 7) is 5.34. The van der Waals surface area contributed by atoms with Gasteiger partial charge in [0.15, 0.2) is 5.78 Å². The summed E-state index contributed by atoms with van der Waals surface area (Å²) in [5, 5.41) is 6.56. The number of thiophene rings is 1. The number of anilines is 1. The molecule has 43 heavy (non-hydrogen) atoms. The van der Waals surface area contributed by atoms with Crippen LogP contribution in [0.5, 0.6) is 11.8 Å². The summed E-state index contributed by atoms with van der Waals surface area (Å²) in [7, 11) is 0. The Morgan fingerprint density at radius 1 is 1.12 bits per heavy atom. The molecule has 11 nitrogen and oxygen atoms in total. The van der Waals surface area contributed by atoms with Crippen LogP contribution < -0.4 is 32.6 Å². The highest BCUT2D eigenvalue weighted by Crippen LogP contribution is 2.50. The van der Waals surface area contributed by atoms with Crippen molar-refractivity contribution in [2.45, 2.75) is 49.9 Å². The number of hydrogen-bond acceptors (Lipinski definition) is 10. The van der Waals surface area contributed by atoms with Crippen molar-refractivity contribution in [3.63, 3.8) is 0 Å². The lowest BCUT2D eigenvalue weighted by atomic mass is 9.69. The Balaban J connectivity index is 1.40. The zero-order valence-corrected chi connectivity index (χ0v) is 24.2. The molecule has 0 bridgehead atoms. The number of carbonyl (C=O) groups is 3. The summed E-state index contributed by atoms with van der Waals surface area (Å²) in [5.74, 6) is -0.634. The monoisotopic (exact) mass is 597 g/mol. The zero-order chi connectivity index (χ0) is 30.5. The normalized spacial score (nSPS) is 22.8. The molecule has 2 aliphatic rings. The van der Waals surface area contributed by atoms with E-state index in [-0.39, 0.29) is 29.9 Å². The number of nitrogens with zero attached hydrogens (tertiary/aromatic N) is 2. The van der Waals surface area contributed by atoms with Crippen molar-refractivity contribution in [2.75, 3.05) is 5.73 Å². The molecule has 2 unspecified atom stereocenters. The highest BCUT2D eigenvalue weighted by Gasteiger charge is 2.49. The molecule has 2 amide bonds. The number of Topliss-reactive ketones (excluding diaryl/α,β-unsaturated/α-hetero) is 1. The van der Waals surface area contributed by atoms with Crippen LogP contribution >= 0.6 is 11.3 Å². The number of aryl methyl sites for hydroxylation is 1. The van der Waals surface area contributed by atoms with Crippen LogP contribution in [0.15, 0.2) is 61.4 Å². The number of nitrogens with one attached hydrogen (secondary N) is 2. The van der Waals surface area contributed by atoms with Crippen LogP contribution in [0.4, 0.5) is 5.69 Å². The standard InChI is InChI=1S/C31H31N7O4S/c1-3-22(39)37-20-6-4-7-21(20)38-29(41)27-24-23-18(10-11-19(32)26(23)43-27)31(34,28(40)25(24)33)17-9-8-16(14-15(17)2)42-30-35-12-5-13-36-30/h3,5,8-14,20-21,25H,1,4,6-7,32-34H2,2H3,(H,37,39)(H,38,41)/t20-,21+,25?,31?/m0/s1. The van der Waals surface area contributed by atoms with E-state index in [4.69, 9.17) is 21.9 Å². The van der Waals surface area contributed by atoms with Gasteiger partial charge in [0.1, 0.15) is 11.3 Å². The van der Waals surface area contributed by atoms with Crippen molar-refractivity contribution >= 4 is 44.7 Å². The minimum absolute atomic E-state index is 0.189. The fraction of sp³-hybridized carbons (Fsp3) is 0.258. The first kappa shape index (κ1) is 28.5. The molecule has 8 N–H and O–H groups in total. The SMILES string of the molecule is C=CC(=O)N[C@H]1CCC[C@H]1NC(=O)c1sc2c(N)ccc3c2c1C(N)C(=O)C3(N)c1ccc(Oc2ncccn2)cc1C. The third-order valence-electron chi connectivity index (χ3n) is 8.24. The van der Waals surface area contributed by atoms with Crippen LogP contribution in [0.1, 0.15) is 57.2 Å². The van der Waals surface area contributed by atoms with Gasteiger partial charge < -0.3 is 32.6 Å². The molecular weight excluding hydrogens is 566 g/mol. The molecule has 220 valence electrons. The Hall–Kier alpha value is -4.65. The average Bonchev–Trinajstić information content (AvgIpc) is 3.61. The van der Waals surface area contributed by atoms with Gasteiger partial charge in [-0.05, 0) is 73.2 Å². The Kier molecular flexibility index (Phi) is 7.20. The lowest BCUT2D eigenvalue weighted by molar-refractivity contribution is -0.124. The number of ketones is 1. The predicted molar refractivity (Wildman–Crippen MR) is 164 cm³/mol. The number of hydrogen-bond donors (Lipinski definition) is 5. The molecular formula is C31H31N7O4S. The second-order valence-electron chi connectivity index (χ2n) is 10.8. The Labute approximate surface area is 251 Å². The van der Waals surface area contributed by atoms with Crippen LogP contribution in [-0.4, -0.2) is 39.6 Å². The fourth-order valence-corrected chi connectivity index (χ4v) is 7.40. The Morgan fingerprint density at radius 3 is 2.51 bits per heavy atom. The van der Waals surface area contributed by atoms with E-state index in [1.165, 1.54) is 17.4 Å². The number of aromatic nitrogens is 2. The van der Waals surface area contributed by atoms with Crippen molar-refractivity contribution in [2.24, 2.45) is 11.5 Å². The van der Waals surface area contributed by atoms with Gasteiger partial charge in [0.2, 0.25) is 5.91 Å². The lowest BCUT2D eigenvalue weighted by Gasteiger charge is -2.37. The Morgan fingerprint density at radius 2 is 1.81 bits per heavy atom. The number of ether oxygens (including phenoxy) is 1. The molecule has 0 radical (unpaired) electrons. The van der Waals surface area contributed by atoms with Gasteiger partial charge in [-0.15, -0.1) is 11.3 Å². The highest BCUT2D eigenvalue weighted by atomic mass is 32.1. The first-order valence-electron chi connectivity index (χ1n) is 13.9. The minimum Gasteiger partial charge on any atom is -0.424 e. The highest BCUT2D eigenvalue weighted by molar-refractivity contribution is 7.21. The van der Waals surface area contributed by atoms with Gasteiger partial charge in [0.05, 0.1) is 15.6 Å². The number of nitrogens with two attached hydrogens (primary N) is 3. The molecule has 2 aliphatic carbocycles. The van der Waals surface area contributed by atoms with E-state index in [2.05, 4.69) is 27.2 Å². The number of rotatable bonds is 7. The number of benzene rings is 2. The van der Waals surface area contributed by atoms with E-state index in [1.807, 2.05) is 6.92 Å². The maximum atomic E-state index is 14.2. The predicted octanol–water partition coefficient (Wildman–Crippen LogP) is 3.11. The summed E-state index contributed by atoms with van der Waals surface area (Å²) in [6, 6.07) is 8.83. The van der Waals surface area contributed by atoms with Crippen LogP contribution in [0.2, 0.25) is 0 Å². The van der Waals surface area contributed by atoms with Gasteiger partial charge in [-0.2, -0.15) is 0 Å². The number of nitrogen functional groups attached to an aromatic ring is 1. The largest absolute Gasteiger partial charge is 0.424 e. The van der Waals surface area contributed by atoms with E-state index in [9.17, 15) is 14.4 Å². The molecule has 4 aromatic rings. The molecule has 2 aromatic heterocycles. The van der Waals surface area contributed by atoms with Crippen molar-refractivity contribution < 1.29 is 19.1 Å². The average molecular weight is 598 g/mol. The number of carbonyl (C=O) groups excluding carboxylic acids is 3. The maximum Gasteiger partial charge on any atom is 0.321 e. The van der Waals surface area contributed by atoms with Gasteiger partial charge in [0.25, 0.3) is 5.91 Å². The van der Waals surface area contributed by atoms with E-state index in [0.29, 0.717) is 55.1 Å². The number of amides is 2. The van der Waals surface area contributed by atoms with E-state index in [0.717, 1.165) is 12.8 Å². The van der Waals surface area contributed by atoms with E-state index >= 15 is 0 Å². The fourth-order valence-electron chi connectivity index (χ4n) is 6.19. The molecule has 6 rings (SSSR count). The molecule has 0 spiro atoms. The van der Waals surface area contributed by atoms with Gasteiger partial charge in [0, 0.05) is 41.1 Å². The first-order chi connectivity index (χ1) is 20.6. The van der Waals surface area contributed by atoms with E-state index in [1.54, 1.807) is 48.8 Å². The molecule has 0 aliphatic heterocycles. The summed E-state index contributed by atoms with van der Waals surface area (Å²) in [5.41, 5.74) is 21.1. The molecule has 0 saturated heterocycles. The van der Waals surface area contributed by atoms with Crippen LogP contribution in [-0.2, 0) is 15.1 Å². The van der Waals surface area contributed by atoms with Crippen molar-refractivity contribution in [1.82, 2.24) is 20.6 Å². The third kappa shape index (κ3) is 4.73. The summed E-state index contributed by atoms with van der Waals surface area (Å²) in [4.78, 5) is 48.3. The summed E-state index contributed by atoms with van der Waals surface area (Å²) in [6.07, 6.45) is 6.64. The minimum atomic E-state index is -1.61. The van der Waals surface area contributed by atoms with Gasteiger partial charge in [-0.1, -0.05) is 18.7 Å². The molecule has 2 aromatic carbocycles. The second-order valence-corrected chi connectivity index (χ2v) is 11.9. The third-order valence-corrected chi connectivity index (χ3v) is 9.49. The quantitative estimate of drug-likeness (QED) is 0.157. The molecule has 2 heterocycles. The summed E-state index contributed by atoms with van der Waals surface area (Å²) >= 11 is 1.19. The van der Waals surface area contributed by atoms with Crippen molar-refractivity contribution in [1.29, 1.82) is 0 Å². The molecule has 4 atom stereocenters. The van der Waals surface area contributed by atoms with Crippen LogP contribution in [0.3, 0.4) is 0 Å². The Bertz CT molecular complexity index is 1790. The van der Waals surface area contributed by atoms with Gasteiger partial charge >= 0.3 is 6.01 Å². The van der Waals surface area contributed by atoms with Crippen LogP contribution in [0, 0.1) is 6.92 Å². The van der Waals surface area contributed by atoms with Crippen molar-refractivity contribution in [3.05, 3.63) is 88.6 Å². The van der Waals surface area contributed by atoms with Crippen LogP contribution in [0.25, 0.3) is 10.1 Å². The van der Waals surface area contributed by atoms with E-state index < -0.39 is 17.4 Å². The first-order valence-corrected chi connectivity index (χ1v) is 14.7. The van der Waals surface area contributed by atoms with Gasteiger partial charge in [-0.25, -0.2) is 9.97 Å². The molecule has 12 heteroatoms.